The Morgan fingerprint density at radius 2 is 2.29 bits per heavy atom. The summed E-state index contributed by atoms with van der Waals surface area (Å²) in [5, 5.41) is 3.00. The SMILES string of the molecule is COc1ccc([C@H]2OCC[C@@H]2NC(=O)COC[C@@H]2CCOC2)cn1. The Bertz CT molecular complexity index is 530. The summed E-state index contributed by atoms with van der Waals surface area (Å²) in [6.45, 7) is 2.77. The number of carbonyl (C=O) groups excluding carboxylic acids is 1. The molecule has 1 aromatic heterocycles. The van der Waals surface area contributed by atoms with Crippen molar-refractivity contribution in [1.82, 2.24) is 10.3 Å². The molecule has 1 aromatic rings. The molecule has 2 saturated heterocycles. The van der Waals surface area contributed by atoms with Gasteiger partial charge in [-0.1, -0.05) is 0 Å². The molecule has 3 rings (SSSR count). The zero-order chi connectivity index (χ0) is 16.8. The van der Waals surface area contributed by atoms with Gasteiger partial charge in [-0.25, -0.2) is 4.98 Å². The van der Waals surface area contributed by atoms with E-state index in [9.17, 15) is 4.79 Å². The minimum atomic E-state index is -0.185. The van der Waals surface area contributed by atoms with Crippen LogP contribution in [0.5, 0.6) is 5.88 Å². The van der Waals surface area contributed by atoms with Crippen molar-refractivity contribution in [2.24, 2.45) is 5.92 Å². The maximum absolute atomic E-state index is 12.1. The van der Waals surface area contributed by atoms with E-state index >= 15 is 0 Å². The van der Waals surface area contributed by atoms with E-state index in [0.717, 1.165) is 31.6 Å². The van der Waals surface area contributed by atoms with Gasteiger partial charge in [0.05, 0.1) is 26.4 Å². The second-order valence-corrected chi connectivity index (χ2v) is 6.13. The molecule has 2 fully saturated rings. The molecule has 2 aliphatic heterocycles. The molecule has 24 heavy (non-hydrogen) atoms. The predicted octanol–water partition coefficient (Wildman–Crippen LogP) is 1.09. The molecule has 0 spiro atoms. The second kappa shape index (κ2) is 8.41. The zero-order valence-electron chi connectivity index (χ0n) is 13.9. The fourth-order valence-corrected chi connectivity index (χ4v) is 3.03. The van der Waals surface area contributed by atoms with Gasteiger partial charge in [-0.2, -0.15) is 0 Å². The third kappa shape index (κ3) is 4.43. The lowest BCUT2D eigenvalue weighted by Gasteiger charge is -2.20. The van der Waals surface area contributed by atoms with E-state index in [1.54, 1.807) is 19.4 Å². The summed E-state index contributed by atoms with van der Waals surface area (Å²) in [6, 6.07) is 3.64. The van der Waals surface area contributed by atoms with Gasteiger partial charge < -0.3 is 24.3 Å². The topological polar surface area (TPSA) is 78.9 Å². The Balaban J connectivity index is 1.46. The average molecular weight is 336 g/mol. The lowest BCUT2D eigenvalue weighted by Crippen LogP contribution is -2.39. The third-order valence-corrected chi connectivity index (χ3v) is 4.35. The molecular formula is C17H24N2O5. The number of aromatic nitrogens is 1. The first-order valence-electron chi connectivity index (χ1n) is 8.32. The smallest absolute Gasteiger partial charge is 0.246 e. The zero-order valence-corrected chi connectivity index (χ0v) is 13.9. The van der Waals surface area contributed by atoms with E-state index < -0.39 is 0 Å². The maximum atomic E-state index is 12.1. The first-order valence-corrected chi connectivity index (χ1v) is 8.32. The van der Waals surface area contributed by atoms with Crippen molar-refractivity contribution in [2.45, 2.75) is 25.0 Å². The summed E-state index contributed by atoms with van der Waals surface area (Å²) in [5.41, 5.74) is 0.933. The largest absolute Gasteiger partial charge is 0.481 e. The van der Waals surface area contributed by atoms with Crippen LogP contribution in [-0.2, 0) is 19.0 Å². The molecular weight excluding hydrogens is 312 g/mol. The van der Waals surface area contributed by atoms with Crippen LogP contribution in [0.2, 0.25) is 0 Å². The number of carbonyl (C=O) groups is 1. The van der Waals surface area contributed by atoms with E-state index in [1.807, 2.05) is 6.07 Å². The summed E-state index contributed by atoms with van der Waals surface area (Å²) >= 11 is 0. The van der Waals surface area contributed by atoms with Gasteiger partial charge in [0.1, 0.15) is 12.7 Å². The number of hydrogen-bond donors (Lipinski definition) is 1. The normalized spacial score (nSPS) is 26.5. The Morgan fingerprint density at radius 1 is 1.38 bits per heavy atom. The quantitative estimate of drug-likeness (QED) is 0.803. The Kier molecular flexibility index (Phi) is 6.01. The van der Waals surface area contributed by atoms with Crippen molar-refractivity contribution < 1.29 is 23.7 Å². The van der Waals surface area contributed by atoms with E-state index in [-0.39, 0.29) is 24.7 Å². The first-order chi connectivity index (χ1) is 11.8. The highest BCUT2D eigenvalue weighted by molar-refractivity contribution is 5.77. The Morgan fingerprint density at radius 3 is 3.00 bits per heavy atom. The van der Waals surface area contributed by atoms with Crippen LogP contribution in [0.25, 0.3) is 0 Å². The van der Waals surface area contributed by atoms with Crippen LogP contribution in [0.1, 0.15) is 24.5 Å². The van der Waals surface area contributed by atoms with Crippen molar-refractivity contribution in [3.63, 3.8) is 0 Å². The summed E-state index contributed by atoms with van der Waals surface area (Å²) in [6.07, 6.45) is 3.32. The highest BCUT2D eigenvalue weighted by Crippen LogP contribution is 2.29. The van der Waals surface area contributed by atoms with Gasteiger partial charge >= 0.3 is 0 Å². The van der Waals surface area contributed by atoms with Gasteiger partial charge in [-0.3, -0.25) is 4.79 Å². The molecule has 7 nitrogen and oxygen atoms in total. The van der Waals surface area contributed by atoms with Crippen molar-refractivity contribution in [2.75, 3.05) is 40.1 Å². The van der Waals surface area contributed by atoms with Crippen molar-refractivity contribution in [3.8, 4) is 5.88 Å². The van der Waals surface area contributed by atoms with Gasteiger partial charge in [-0.05, 0) is 18.9 Å². The van der Waals surface area contributed by atoms with Crippen molar-refractivity contribution >= 4 is 5.91 Å². The molecule has 2 aliphatic rings. The fourth-order valence-electron chi connectivity index (χ4n) is 3.03. The summed E-state index contributed by atoms with van der Waals surface area (Å²) < 4.78 is 21.6. The predicted molar refractivity (Wildman–Crippen MR) is 85.8 cm³/mol. The number of ether oxygens (including phenoxy) is 4. The van der Waals surface area contributed by atoms with Gasteiger partial charge in [0.25, 0.3) is 0 Å². The molecule has 0 aliphatic carbocycles. The second-order valence-electron chi connectivity index (χ2n) is 6.13. The molecule has 0 radical (unpaired) electrons. The lowest BCUT2D eigenvalue weighted by atomic mass is 10.0. The minimum absolute atomic E-state index is 0.0638. The third-order valence-electron chi connectivity index (χ3n) is 4.35. The number of pyridine rings is 1. The number of amides is 1. The first kappa shape index (κ1) is 17.1. The number of nitrogens with one attached hydrogen (secondary N) is 1. The van der Waals surface area contributed by atoms with Gasteiger partial charge in [0.2, 0.25) is 11.8 Å². The van der Waals surface area contributed by atoms with Crippen LogP contribution in [0.4, 0.5) is 0 Å². The van der Waals surface area contributed by atoms with Crippen molar-refractivity contribution in [1.29, 1.82) is 0 Å². The molecule has 1 amide bonds. The van der Waals surface area contributed by atoms with Crippen LogP contribution >= 0.6 is 0 Å². The van der Waals surface area contributed by atoms with E-state index in [0.29, 0.717) is 25.0 Å². The molecule has 7 heteroatoms. The van der Waals surface area contributed by atoms with E-state index in [2.05, 4.69) is 10.3 Å². The van der Waals surface area contributed by atoms with Crippen LogP contribution in [-0.4, -0.2) is 57.1 Å². The number of hydrogen-bond acceptors (Lipinski definition) is 6. The molecule has 0 aromatic carbocycles. The average Bonchev–Trinajstić information content (AvgIpc) is 3.27. The Hall–Kier alpha value is -1.70. The van der Waals surface area contributed by atoms with Gasteiger partial charge in [0, 0.05) is 37.0 Å². The maximum Gasteiger partial charge on any atom is 0.246 e. The van der Waals surface area contributed by atoms with Gasteiger partial charge in [0.15, 0.2) is 0 Å². The fraction of sp³-hybridized carbons (Fsp3) is 0.647. The standard InChI is InChI=1S/C17H24N2O5/c1-21-16-3-2-13(8-18-16)17-14(5-7-24-17)19-15(20)11-23-10-12-4-6-22-9-12/h2-3,8,12,14,17H,4-7,9-11H2,1H3,(H,19,20)/t12-,14+,17-/m1/s1. The van der Waals surface area contributed by atoms with Crippen molar-refractivity contribution in [3.05, 3.63) is 23.9 Å². The van der Waals surface area contributed by atoms with E-state index in [4.69, 9.17) is 18.9 Å². The molecule has 132 valence electrons. The monoisotopic (exact) mass is 336 g/mol. The Labute approximate surface area is 141 Å². The number of rotatable bonds is 7. The highest BCUT2D eigenvalue weighted by atomic mass is 16.5. The summed E-state index contributed by atoms with van der Waals surface area (Å²) in [4.78, 5) is 16.3. The molecule has 3 heterocycles. The highest BCUT2D eigenvalue weighted by Gasteiger charge is 2.31. The summed E-state index contributed by atoms with van der Waals surface area (Å²) in [5.74, 6) is 0.850. The van der Waals surface area contributed by atoms with Crippen LogP contribution in [0.15, 0.2) is 18.3 Å². The minimum Gasteiger partial charge on any atom is -0.481 e. The number of methoxy groups -OCH3 is 1. The molecule has 3 atom stereocenters. The molecule has 0 saturated carbocycles. The van der Waals surface area contributed by atoms with Crippen LogP contribution < -0.4 is 10.1 Å². The lowest BCUT2D eigenvalue weighted by molar-refractivity contribution is -0.127. The van der Waals surface area contributed by atoms with Crippen LogP contribution in [0, 0.1) is 5.92 Å². The van der Waals surface area contributed by atoms with Crippen LogP contribution in [0.3, 0.4) is 0 Å². The molecule has 1 N–H and O–H groups in total. The molecule has 0 bridgehead atoms. The number of nitrogens with zero attached hydrogens (tertiary/aromatic N) is 1. The van der Waals surface area contributed by atoms with Gasteiger partial charge in [-0.15, -0.1) is 0 Å². The summed E-state index contributed by atoms with van der Waals surface area (Å²) in [7, 11) is 1.58. The van der Waals surface area contributed by atoms with E-state index in [1.165, 1.54) is 0 Å². The molecule has 0 unspecified atom stereocenters.